The van der Waals surface area contributed by atoms with Gasteiger partial charge in [0.25, 0.3) is 0 Å². The van der Waals surface area contributed by atoms with Crippen molar-refractivity contribution in [3.05, 3.63) is 60.7 Å². The molecule has 0 aromatic heterocycles. The lowest BCUT2D eigenvalue weighted by molar-refractivity contribution is -0.136. The summed E-state index contributed by atoms with van der Waals surface area (Å²) in [6.07, 6.45) is 1.17. The van der Waals surface area contributed by atoms with E-state index in [-0.39, 0.29) is 0 Å². The Hall–Kier alpha value is -2.86. The molecule has 0 aliphatic heterocycles. The summed E-state index contributed by atoms with van der Waals surface area (Å²) in [7, 11) is 0. The standard InChI is InChI=1S/C19H22N2O4/c20-14-8-7-13-17(18(22)24-15-9-3-1-4-10-15)21-19(23)25-16-11-5-2-6-12-16/h1-6,9-12,17H,7-8,13-14,20H2,(H,21,23). The van der Waals surface area contributed by atoms with Gasteiger partial charge < -0.3 is 20.5 Å². The molecule has 1 amide bonds. The van der Waals surface area contributed by atoms with Crippen LogP contribution in [0.4, 0.5) is 4.79 Å². The SMILES string of the molecule is NCCCCC(NC(=O)Oc1ccccc1)C(=O)Oc1ccccc1. The molecule has 3 N–H and O–H groups in total. The van der Waals surface area contributed by atoms with Crippen molar-refractivity contribution >= 4 is 12.1 Å². The quantitative estimate of drug-likeness (QED) is 0.437. The smallest absolute Gasteiger partial charge is 0.413 e. The number of amides is 1. The van der Waals surface area contributed by atoms with E-state index >= 15 is 0 Å². The lowest BCUT2D eigenvalue weighted by atomic mass is 10.1. The van der Waals surface area contributed by atoms with Gasteiger partial charge in [-0.15, -0.1) is 0 Å². The number of nitrogens with one attached hydrogen (secondary N) is 1. The van der Waals surface area contributed by atoms with Crippen molar-refractivity contribution in [2.75, 3.05) is 6.54 Å². The van der Waals surface area contributed by atoms with E-state index < -0.39 is 18.1 Å². The first kappa shape index (κ1) is 18.5. The minimum atomic E-state index is -0.803. The molecule has 2 rings (SSSR count). The van der Waals surface area contributed by atoms with Crippen LogP contribution in [0.1, 0.15) is 19.3 Å². The van der Waals surface area contributed by atoms with E-state index in [4.69, 9.17) is 15.2 Å². The molecule has 6 nitrogen and oxygen atoms in total. The van der Waals surface area contributed by atoms with Gasteiger partial charge in [0, 0.05) is 0 Å². The lowest BCUT2D eigenvalue weighted by Crippen LogP contribution is -2.44. The van der Waals surface area contributed by atoms with Crippen LogP contribution in [0.25, 0.3) is 0 Å². The molecule has 0 fully saturated rings. The molecule has 0 aliphatic rings. The summed E-state index contributed by atoms with van der Waals surface area (Å²) in [5.41, 5.74) is 5.49. The Balaban J connectivity index is 1.96. The van der Waals surface area contributed by atoms with Gasteiger partial charge >= 0.3 is 12.1 Å². The molecule has 2 aromatic carbocycles. The van der Waals surface area contributed by atoms with Gasteiger partial charge in [0.15, 0.2) is 0 Å². The van der Waals surface area contributed by atoms with Crippen LogP contribution >= 0.6 is 0 Å². The van der Waals surface area contributed by atoms with E-state index in [1.807, 2.05) is 12.1 Å². The molecule has 0 spiro atoms. The van der Waals surface area contributed by atoms with Crippen LogP contribution in [-0.2, 0) is 4.79 Å². The predicted octanol–water partition coefficient (Wildman–Crippen LogP) is 2.88. The molecular formula is C19H22N2O4. The Labute approximate surface area is 146 Å². The number of esters is 1. The van der Waals surface area contributed by atoms with E-state index in [9.17, 15) is 9.59 Å². The maximum atomic E-state index is 12.4. The van der Waals surface area contributed by atoms with Crippen LogP contribution in [0.5, 0.6) is 11.5 Å². The first-order chi connectivity index (χ1) is 12.2. The van der Waals surface area contributed by atoms with Gasteiger partial charge in [-0.2, -0.15) is 0 Å². The van der Waals surface area contributed by atoms with Gasteiger partial charge in [0.2, 0.25) is 0 Å². The zero-order chi connectivity index (χ0) is 17.9. The highest BCUT2D eigenvalue weighted by Gasteiger charge is 2.23. The highest BCUT2D eigenvalue weighted by molar-refractivity contribution is 5.83. The molecule has 2 aromatic rings. The summed E-state index contributed by atoms with van der Waals surface area (Å²) in [5, 5.41) is 2.57. The summed E-state index contributed by atoms with van der Waals surface area (Å²) >= 11 is 0. The number of ether oxygens (including phenoxy) is 2. The number of hydrogen-bond donors (Lipinski definition) is 2. The minimum absolute atomic E-state index is 0.400. The topological polar surface area (TPSA) is 90.6 Å². The molecule has 0 aliphatic carbocycles. The number of benzene rings is 2. The molecule has 6 heteroatoms. The summed E-state index contributed by atoms with van der Waals surface area (Å²) in [6.45, 7) is 0.523. The van der Waals surface area contributed by atoms with Gasteiger partial charge in [0.1, 0.15) is 17.5 Å². The van der Waals surface area contributed by atoms with Crippen LogP contribution in [0, 0.1) is 0 Å². The third-order valence-corrected chi connectivity index (χ3v) is 3.44. The minimum Gasteiger partial charge on any atom is -0.425 e. The largest absolute Gasteiger partial charge is 0.425 e. The van der Waals surface area contributed by atoms with Crippen LogP contribution in [0.15, 0.2) is 60.7 Å². The van der Waals surface area contributed by atoms with E-state index in [2.05, 4.69) is 5.32 Å². The Bertz CT molecular complexity index is 662. The van der Waals surface area contributed by atoms with Crippen molar-refractivity contribution < 1.29 is 19.1 Å². The predicted molar refractivity (Wildman–Crippen MR) is 94.4 cm³/mol. The molecule has 1 atom stereocenters. The highest BCUT2D eigenvalue weighted by Crippen LogP contribution is 2.12. The van der Waals surface area contributed by atoms with E-state index in [1.54, 1.807) is 48.5 Å². The van der Waals surface area contributed by atoms with Crippen molar-refractivity contribution in [3.8, 4) is 11.5 Å². The summed E-state index contributed by atoms with van der Waals surface area (Å²) < 4.78 is 10.5. The van der Waals surface area contributed by atoms with Crippen molar-refractivity contribution in [1.29, 1.82) is 0 Å². The number of hydrogen-bond acceptors (Lipinski definition) is 5. The van der Waals surface area contributed by atoms with Crippen LogP contribution in [0.3, 0.4) is 0 Å². The molecule has 0 bridgehead atoms. The van der Waals surface area contributed by atoms with E-state index in [0.29, 0.717) is 30.9 Å². The number of nitrogens with two attached hydrogens (primary N) is 1. The first-order valence-corrected chi connectivity index (χ1v) is 8.19. The van der Waals surface area contributed by atoms with Crippen LogP contribution < -0.4 is 20.5 Å². The summed E-state index contributed by atoms with van der Waals surface area (Å²) in [5.74, 6) is 0.292. The number of unbranched alkanes of at least 4 members (excludes halogenated alkanes) is 1. The fourth-order valence-electron chi connectivity index (χ4n) is 2.18. The van der Waals surface area contributed by atoms with E-state index in [0.717, 1.165) is 6.42 Å². The van der Waals surface area contributed by atoms with Crippen molar-refractivity contribution in [2.45, 2.75) is 25.3 Å². The monoisotopic (exact) mass is 342 g/mol. The second-order valence-corrected chi connectivity index (χ2v) is 5.42. The Morgan fingerprint density at radius 1 is 0.880 bits per heavy atom. The summed E-state index contributed by atoms with van der Waals surface area (Å²) in [6, 6.07) is 16.6. The number of carbonyl (C=O) groups is 2. The maximum absolute atomic E-state index is 12.4. The fourth-order valence-corrected chi connectivity index (χ4v) is 2.18. The molecule has 0 saturated heterocycles. The van der Waals surface area contributed by atoms with Gasteiger partial charge in [-0.25, -0.2) is 9.59 Å². The van der Waals surface area contributed by atoms with Gasteiger partial charge in [-0.3, -0.25) is 0 Å². The third-order valence-electron chi connectivity index (χ3n) is 3.44. The van der Waals surface area contributed by atoms with Gasteiger partial charge in [-0.05, 0) is 50.1 Å². The molecule has 1 unspecified atom stereocenters. The van der Waals surface area contributed by atoms with Crippen LogP contribution in [0.2, 0.25) is 0 Å². The third kappa shape index (κ3) is 6.64. The number of rotatable bonds is 8. The Morgan fingerprint density at radius 3 is 2.00 bits per heavy atom. The van der Waals surface area contributed by atoms with Crippen molar-refractivity contribution in [2.24, 2.45) is 5.73 Å². The van der Waals surface area contributed by atoms with Crippen LogP contribution in [-0.4, -0.2) is 24.6 Å². The van der Waals surface area contributed by atoms with Gasteiger partial charge in [0.05, 0.1) is 0 Å². The molecule has 0 heterocycles. The maximum Gasteiger partial charge on any atom is 0.413 e. The molecule has 25 heavy (non-hydrogen) atoms. The zero-order valence-electron chi connectivity index (χ0n) is 13.9. The lowest BCUT2D eigenvalue weighted by Gasteiger charge is -2.17. The summed E-state index contributed by atoms with van der Waals surface area (Å²) in [4.78, 5) is 24.4. The average molecular weight is 342 g/mol. The Kier molecular flexibility index (Phi) is 7.46. The second-order valence-electron chi connectivity index (χ2n) is 5.42. The van der Waals surface area contributed by atoms with E-state index in [1.165, 1.54) is 0 Å². The first-order valence-electron chi connectivity index (χ1n) is 8.19. The fraction of sp³-hybridized carbons (Fsp3) is 0.263. The zero-order valence-corrected chi connectivity index (χ0v) is 13.9. The molecule has 132 valence electrons. The number of carbonyl (C=O) groups excluding carboxylic acids is 2. The molecule has 0 radical (unpaired) electrons. The van der Waals surface area contributed by atoms with Crippen molar-refractivity contribution in [1.82, 2.24) is 5.32 Å². The van der Waals surface area contributed by atoms with Gasteiger partial charge in [-0.1, -0.05) is 36.4 Å². The molecule has 0 saturated carbocycles. The highest BCUT2D eigenvalue weighted by atomic mass is 16.6. The number of para-hydroxylation sites is 2. The normalized spacial score (nSPS) is 11.4. The Morgan fingerprint density at radius 2 is 1.44 bits per heavy atom. The second kappa shape index (κ2) is 10.1. The average Bonchev–Trinajstić information content (AvgIpc) is 2.62. The van der Waals surface area contributed by atoms with Crippen molar-refractivity contribution in [3.63, 3.8) is 0 Å². The molecular weight excluding hydrogens is 320 g/mol.